The molecule has 0 amide bonds. The van der Waals surface area contributed by atoms with E-state index in [1.54, 1.807) is 13.4 Å². The summed E-state index contributed by atoms with van der Waals surface area (Å²) in [6.45, 7) is 1.52. The van der Waals surface area contributed by atoms with Gasteiger partial charge >= 0.3 is 0 Å². The van der Waals surface area contributed by atoms with E-state index in [0.29, 0.717) is 6.54 Å². The van der Waals surface area contributed by atoms with Crippen LogP contribution < -0.4 is 0 Å². The largest absolute Gasteiger partial charge is 0.380 e. The predicted molar refractivity (Wildman–Crippen MR) is 91.5 cm³/mol. The zero-order chi connectivity index (χ0) is 17.2. The number of hydrogen-bond donors (Lipinski definition) is 0. The molecule has 0 unspecified atom stereocenters. The van der Waals surface area contributed by atoms with Crippen molar-refractivity contribution < 1.29 is 9.26 Å². The van der Waals surface area contributed by atoms with Gasteiger partial charge < -0.3 is 13.8 Å². The minimum atomic E-state index is 0.161. The molecule has 0 spiro atoms. The van der Waals surface area contributed by atoms with Gasteiger partial charge in [-0.3, -0.25) is 4.90 Å². The lowest BCUT2D eigenvalue weighted by Crippen LogP contribution is -2.26. The van der Waals surface area contributed by atoms with E-state index in [1.807, 2.05) is 48.0 Å². The summed E-state index contributed by atoms with van der Waals surface area (Å²) < 4.78 is 13.1. The van der Waals surface area contributed by atoms with Crippen molar-refractivity contribution in [2.75, 3.05) is 13.7 Å². The van der Waals surface area contributed by atoms with Gasteiger partial charge in [0.05, 0.1) is 17.8 Å². The Morgan fingerprint density at radius 3 is 2.84 bits per heavy atom. The second-order valence-corrected chi connectivity index (χ2v) is 6.39. The molecule has 3 heterocycles. The van der Waals surface area contributed by atoms with Crippen LogP contribution in [0.1, 0.15) is 24.0 Å². The molecule has 1 aliphatic rings. The lowest BCUT2D eigenvalue weighted by molar-refractivity contribution is 0.107. The first-order valence-electron chi connectivity index (χ1n) is 8.36. The quantitative estimate of drug-likeness (QED) is 0.711. The van der Waals surface area contributed by atoms with E-state index in [2.05, 4.69) is 20.3 Å². The van der Waals surface area contributed by atoms with E-state index in [9.17, 15) is 0 Å². The van der Waals surface area contributed by atoms with E-state index < -0.39 is 0 Å². The van der Waals surface area contributed by atoms with E-state index in [0.717, 1.165) is 35.8 Å². The highest BCUT2D eigenvalue weighted by Gasteiger charge is 2.36. The van der Waals surface area contributed by atoms with E-state index in [4.69, 9.17) is 9.26 Å². The zero-order valence-corrected chi connectivity index (χ0v) is 14.4. The van der Waals surface area contributed by atoms with E-state index >= 15 is 0 Å². The maximum atomic E-state index is 5.58. The molecular formula is C18H21N5O2. The molecule has 1 aromatic carbocycles. The highest BCUT2D eigenvalue weighted by molar-refractivity contribution is 5.56. The Morgan fingerprint density at radius 2 is 2.12 bits per heavy atom. The third-order valence-corrected chi connectivity index (χ3v) is 4.73. The molecule has 0 bridgehead atoms. The Morgan fingerprint density at radius 1 is 1.28 bits per heavy atom. The van der Waals surface area contributed by atoms with Gasteiger partial charge in [0.25, 0.3) is 0 Å². The minimum Gasteiger partial charge on any atom is -0.380 e. The third kappa shape index (κ3) is 3.20. The average Bonchev–Trinajstić information content (AvgIpc) is 3.36. The maximum absolute atomic E-state index is 5.58. The molecule has 130 valence electrons. The van der Waals surface area contributed by atoms with Crippen LogP contribution >= 0.6 is 0 Å². The van der Waals surface area contributed by atoms with Crippen molar-refractivity contribution in [1.82, 2.24) is 24.8 Å². The lowest BCUT2D eigenvalue weighted by Gasteiger charge is -2.21. The van der Waals surface area contributed by atoms with Gasteiger partial charge in [0.15, 0.2) is 5.76 Å². The number of likely N-dealkylation sites (tertiary alicyclic amines) is 1. The first kappa shape index (κ1) is 16.0. The monoisotopic (exact) mass is 339 g/mol. The van der Waals surface area contributed by atoms with Gasteiger partial charge in [-0.05, 0) is 6.42 Å². The number of methoxy groups -OCH3 is 1. The van der Waals surface area contributed by atoms with Crippen molar-refractivity contribution in [3.8, 4) is 11.3 Å². The Kier molecular flexibility index (Phi) is 4.33. The van der Waals surface area contributed by atoms with Crippen LogP contribution in [-0.4, -0.2) is 44.6 Å². The normalized spacial score (nSPS) is 21.0. The van der Waals surface area contributed by atoms with Gasteiger partial charge in [0.2, 0.25) is 0 Å². The van der Waals surface area contributed by atoms with Crippen LogP contribution in [0.3, 0.4) is 0 Å². The molecule has 0 N–H and O–H groups in total. The van der Waals surface area contributed by atoms with Crippen molar-refractivity contribution in [3.05, 3.63) is 54.2 Å². The molecule has 2 aromatic heterocycles. The predicted octanol–water partition coefficient (Wildman–Crippen LogP) is 2.43. The second-order valence-electron chi connectivity index (χ2n) is 6.39. The summed E-state index contributed by atoms with van der Waals surface area (Å²) in [6.07, 6.45) is 2.81. The van der Waals surface area contributed by atoms with Crippen molar-refractivity contribution in [3.63, 3.8) is 0 Å². The Labute approximate surface area is 146 Å². The fourth-order valence-electron chi connectivity index (χ4n) is 3.40. The fraction of sp³-hybridized carbons (Fsp3) is 0.389. The SMILES string of the molecule is CO[C@@H]1C[C@@H](c2nncn2C)N(Cc2cc(-c3ccccc3)on2)C1. The van der Waals surface area contributed by atoms with Crippen LogP contribution in [0.15, 0.2) is 47.2 Å². The fourth-order valence-corrected chi connectivity index (χ4v) is 3.40. The Hall–Kier alpha value is -2.51. The van der Waals surface area contributed by atoms with Crippen molar-refractivity contribution in [2.24, 2.45) is 7.05 Å². The maximum Gasteiger partial charge on any atom is 0.167 e. The van der Waals surface area contributed by atoms with E-state index in [-0.39, 0.29) is 12.1 Å². The molecule has 1 saturated heterocycles. The lowest BCUT2D eigenvalue weighted by atomic mass is 10.1. The highest BCUT2D eigenvalue weighted by atomic mass is 16.5. The molecule has 7 nitrogen and oxygen atoms in total. The van der Waals surface area contributed by atoms with Crippen molar-refractivity contribution >= 4 is 0 Å². The second kappa shape index (κ2) is 6.78. The van der Waals surface area contributed by atoms with E-state index in [1.165, 1.54) is 0 Å². The first-order chi connectivity index (χ1) is 12.2. The standard InChI is InChI=1S/C18H21N5O2/c1-22-12-19-20-18(22)16-9-15(24-2)11-23(16)10-14-8-17(25-21-14)13-6-4-3-5-7-13/h3-8,12,15-16H,9-11H2,1-2H3/t15-,16+/m1/s1. The number of ether oxygens (including phenoxy) is 1. The summed E-state index contributed by atoms with van der Waals surface area (Å²) >= 11 is 0. The number of nitrogens with zero attached hydrogens (tertiary/aromatic N) is 5. The van der Waals surface area contributed by atoms with Crippen LogP contribution in [0, 0.1) is 0 Å². The molecule has 0 saturated carbocycles. The van der Waals surface area contributed by atoms with Crippen LogP contribution in [0.2, 0.25) is 0 Å². The summed E-state index contributed by atoms with van der Waals surface area (Å²) in [6, 6.07) is 12.2. The Bertz CT molecular complexity index is 829. The molecule has 0 radical (unpaired) electrons. The van der Waals surface area contributed by atoms with Gasteiger partial charge in [-0.25, -0.2) is 0 Å². The summed E-state index contributed by atoms with van der Waals surface area (Å²) in [5.74, 6) is 1.74. The first-order valence-corrected chi connectivity index (χ1v) is 8.36. The van der Waals surface area contributed by atoms with Crippen LogP contribution in [0.4, 0.5) is 0 Å². The summed E-state index contributed by atoms with van der Waals surface area (Å²) in [5, 5.41) is 12.5. The van der Waals surface area contributed by atoms with Crippen LogP contribution in [0.5, 0.6) is 0 Å². The van der Waals surface area contributed by atoms with Crippen molar-refractivity contribution in [2.45, 2.75) is 25.1 Å². The zero-order valence-electron chi connectivity index (χ0n) is 14.4. The molecule has 0 aliphatic carbocycles. The number of aryl methyl sites for hydroxylation is 1. The smallest absolute Gasteiger partial charge is 0.167 e. The molecule has 3 aromatic rings. The third-order valence-electron chi connectivity index (χ3n) is 4.73. The van der Waals surface area contributed by atoms with Gasteiger partial charge in [0.1, 0.15) is 12.2 Å². The molecular weight excluding hydrogens is 318 g/mol. The molecule has 4 rings (SSSR count). The number of rotatable bonds is 5. The highest BCUT2D eigenvalue weighted by Crippen LogP contribution is 2.33. The number of hydrogen-bond acceptors (Lipinski definition) is 6. The summed E-state index contributed by atoms with van der Waals surface area (Å²) in [4.78, 5) is 2.32. The number of benzene rings is 1. The van der Waals surface area contributed by atoms with Crippen LogP contribution in [-0.2, 0) is 18.3 Å². The molecule has 2 atom stereocenters. The van der Waals surface area contributed by atoms with Gasteiger partial charge in [-0.15, -0.1) is 10.2 Å². The van der Waals surface area contributed by atoms with Crippen molar-refractivity contribution in [1.29, 1.82) is 0 Å². The Balaban J connectivity index is 1.54. The average molecular weight is 339 g/mol. The minimum absolute atomic E-state index is 0.161. The van der Waals surface area contributed by atoms with Crippen LogP contribution in [0.25, 0.3) is 11.3 Å². The van der Waals surface area contributed by atoms with Gasteiger partial charge in [-0.2, -0.15) is 0 Å². The summed E-state index contributed by atoms with van der Waals surface area (Å²) in [5.41, 5.74) is 1.94. The number of aromatic nitrogens is 4. The molecule has 7 heteroatoms. The van der Waals surface area contributed by atoms with Gasteiger partial charge in [0, 0.05) is 38.9 Å². The van der Waals surface area contributed by atoms with Gasteiger partial charge in [-0.1, -0.05) is 35.5 Å². The molecule has 1 aliphatic heterocycles. The molecule has 1 fully saturated rings. The topological polar surface area (TPSA) is 69.2 Å². The molecule has 25 heavy (non-hydrogen) atoms. The summed E-state index contributed by atoms with van der Waals surface area (Å²) in [7, 11) is 3.72.